The smallest absolute Gasteiger partial charge is 0.263 e. The lowest BCUT2D eigenvalue weighted by molar-refractivity contribution is -0.115. The molecule has 1 saturated heterocycles. The number of carbonyl (C=O) groups excluding carboxylic acids is 1. The summed E-state index contributed by atoms with van der Waals surface area (Å²) >= 11 is 9.98. The number of amides is 1. The first kappa shape index (κ1) is 25.7. The molecule has 0 aliphatic carbocycles. The molecular formula is C31H23BrN2O3S2. The van der Waals surface area contributed by atoms with Crippen LogP contribution in [0.25, 0.3) is 27.9 Å². The third-order valence-corrected chi connectivity index (χ3v) is 8.45. The predicted octanol–water partition coefficient (Wildman–Crippen LogP) is 7.70. The van der Waals surface area contributed by atoms with Crippen LogP contribution < -0.4 is 14.8 Å². The van der Waals surface area contributed by atoms with Gasteiger partial charge in [-0.15, -0.1) is 0 Å². The highest BCUT2D eigenvalue weighted by atomic mass is 79.9. The van der Waals surface area contributed by atoms with Gasteiger partial charge in [0.2, 0.25) is 0 Å². The number of nitrogens with one attached hydrogen (secondary N) is 1. The minimum Gasteiger partial charge on any atom is -0.492 e. The molecule has 8 heteroatoms. The number of para-hydroxylation sites is 2. The first-order valence-electron chi connectivity index (χ1n) is 12.4. The number of hydrogen-bond acceptors (Lipinski definition) is 5. The highest BCUT2D eigenvalue weighted by molar-refractivity contribution is 9.10. The number of thioether (sulfide) groups is 1. The van der Waals surface area contributed by atoms with Crippen LogP contribution in [0.2, 0.25) is 0 Å². The summed E-state index contributed by atoms with van der Waals surface area (Å²) in [6.07, 6.45) is 1.80. The normalized spacial score (nSPS) is 14.3. The number of carbonyl (C=O) groups is 1. The summed E-state index contributed by atoms with van der Waals surface area (Å²) in [5.41, 5.74) is 4.17. The van der Waals surface area contributed by atoms with Crippen LogP contribution in [0.5, 0.6) is 11.5 Å². The molecule has 5 aromatic rings. The van der Waals surface area contributed by atoms with Crippen molar-refractivity contribution in [3.05, 3.63) is 112 Å². The van der Waals surface area contributed by atoms with E-state index in [-0.39, 0.29) is 5.91 Å². The lowest BCUT2D eigenvalue weighted by Gasteiger charge is -2.14. The summed E-state index contributed by atoms with van der Waals surface area (Å²) in [5.74, 6) is 1.12. The van der Waals surface area contributed by atoms with E-state index in [2.05, 4.69) is 74.3 Å². The van der Waals surface area contributed by atoms with Gasteiger partial charge >= 0.3 is 0 Å². The number of aromatic nitrogens is 1. The molecule has 1 fully saturated rings. The fourth-order valence-corrected chi connectivity index (χ4v) is 6.12. The fourth-order valence-electron chi connectivity index (χ4n) is 4.68. The van der Waals surface area contributed by atoms with E-state index in [1.165, 1.54) is 33.6 Å². The van der Waals surface area contributed by atoms with Crippen LogP contribution in [0.4, 0.5) is 0 Å². The van der Waals surface area contributed by atoms with Crippen molar-refractivity contribution in [2.75, 3.05) is 6.61 Å². The average Bonchev–Trinajstić information content (AvgIpc) is 3.44. The van der Waals surface area contributed by atoms with Crippen LogP contribution in [0, 0.1) is 0 Å². The topological polar surface area (TPSA) is 52.5 Å². The Balaban J connectivity index is 1.25. The van der Waals surface area contributed by atoms with Gasteiger partial charge in [0.05, 0.1) is 11.4 Å². The molecular weight excluding hydrogens is 592 g/mol. The molecule has 1 aliphatic rings. The number of hydrogen-bond donors (Lipinski definition) is 1. The predicted molar refractivity (Wildman–Crippen MR) is 166 cm³/mol. The Bertz CT molecular complexity index is 1710. The number of thiocarbonyl (C=S) groups is 1. The van der Waals surface area contributed by atoms with E-state index in [0.29, 0.717) is 40.5 Å². The number of benzene rings is 4. The molecule has 4 aromatic carbocycles. The number of fused-ring (bicyclic) bond motifs is 3. The van der Waals surface area contributed by atoms with Gasteiger partial charge in [-0.25, -0.2) is 0 Å². The van der Waals surface area contributed by atoms with Gasteiger partial charge in [0.25, 0.3) is 5.91 Å². The van der Waals surface area contributed by atoms with E-state index in [0.717, 1.165) is 15.6 Å². The highest BCUT2D eigenvalue weighted by Gasteiger charge is 2.22. The van der Waals surface area contributed by atoms with Crippen LogP contribution in [0.3, 0.4) is 0 Å². The van der Waals surface area contributed by atoms with Crippen molar-refractivity contribution in [3.8, 4) is 11.5 Å². The molecule has 5 nitrogen and oxygen atoms in total. The summed E-state index contributed by atoms with van der Waals surface area (Å²) in [4.78, 5) is 12.8. The Morgan fingerprint density at radius 1 is 0.897 bits per heavy atom. The van der Waals surface area contributed by atoms with Gasteiger partial charge < -0.3 is 19.4 Å². The Morgan fingerprint density at radius 2 is 1.59 bits per heavy atom. The lowest BCUT2D eigenvalue weighted by atomic mass is 10.1. The largest absolute Gasteiger partial charge is 0.492 e. The van der Waals surface area contributed by atoms with Crippen LogP contribution in [0.15, 0.2) is 100 Å². The summed E-state index contributed by atoms with van der Waals surface area (Å²) in [6, 6.07) is 30.5. The molecule has 0 spiro atoms. The first-order chi connectivity index (χ1) is 19.1. The second-order valence-corrected chi connectivity index (χ2v) is 11.5. The molecule has 0 atom stereocenters. The third-order valence-electron chi connectivity index (χ3n) is 6.52. The van der Waals surface area contributed by atoms with Gasteiger partial charge in [-0.3, -0.25) is 4.79 Å². The summed E-state index contributed by atoms with van der Waals surface area (Å²) in [5, 5.41) is 5.14. The van der Waals surface area contributed by atoms with Gasteiger partial charge in [0.15, 0.2) is 0 Å². The van der Waals surface area contributed by atoms with Crippen molar-refractivity contribution in [1.29, 1.82) is 0 Å². The van der Waals surface area contributed by atoms with Crippen LogP contribution >= 0.6 is 39.9 Å². The molecule has 0 bridgehead atoms. The Labute approximate surface area is 243 Å². The molecule has 0 saturated carbocycles. The van der Waals surface area contributed by atoms with Gasteiger partial charge in [-0.1, -0.05) is 94.5 Å². The SMILES string of the molecule is O=C1NC(=S)S/C1=C\c1ccc(OCCn2c3ccccc3c3ccccc32)cc1OCc1ccccc1Br. The molecule has 2 heterocycles. The summed E-state index contributed by atoms with van der Waals surface area (Å²) in [6.45, 7) is 1.54. The van der Waals surface area contributed by atoms with Crippen molar-refractivity contribution < 1.29 is 14.3 Å². The molecule has 0 unspecified atom stereocenters. The maximum Gasteiger partial charge on any atom is 0.263 e. The third kappa shape index (κ3) is 5.45. The molecule has 1 aromatic heterocycles. The molecule has 0 radical (unpaired) electrons. The second kappa shape index (κ2) is 11.3. The second-order valence-electron chi connectivity index (χ2n) is 8.97. The Kier molecular flexibility index (Phi) is 7.41. The van der Waals surface area contributed by atoms with Crippen molar-refractivity contribution in [3.63, 3.8) is 0 Å². The number of nitrogens with zero attached hydrogens (tertiary/aromatic N) is 1. The van der Waals surface area contributed by atoms with Gasteiger partial charge in [0, 0.05) is 43.5 Å². The van der Waals surface area contributed by atoms with Crippen molar-refractivity contribution >= 4 is 78.0 Å². The zero-order valence-corrected chi connectivity index (χ0v) is 23.9. The zero-order valence-electron chi connectivity index (χ0n) is 20.7. The number of ether oxygens (including phenoxy) is 2. The van der Waals surface area contributed by atoms with Gasteiger partial charge in [-0.2, -0.15) is 0 Å². The Morgan fingerprint density at radius 3 is 2.28 bits per heavy atom. The maximum absolute atomic E-state index is 12.3. The number of halogens is 1. The molecule has 1 aliphatic heterocycles. The van der Waals surface area contributed by atoms with E-state index >= 15 is 0 Å². The number of rotatable bonds is 8. The van der Waals surface area contributed by atoms with Gasteiger partial charge in [-0.05, 0) is 36.4 Å². The van der Waals surface area contributed by atoms with Crippen molar-refractivity contribution in [1.82, 2.24) is 9.88 Å². The molecule has 1 amide bonds. The lowest BCUT2D eigenvalue weighted by Crippen LogP contribution is -2.17. The quantitative estimate of drug-likeness (QED) is 0.143. The van der Waals surface area contributed by atoms with Crippen LogP contribution in [-0.4, -0.2) is 21.4 Å². The van der Waals surface area contributed by atoms with E-state index in [4.69, 9.17) is 21.7 Å². The van der Waals surface area contributed by atoms with Crippen molar-refractivity contribution in [2.45, 2.75) is 13.2 Å². The van der Waals surface area contributed by atoms with E-state index in [1.54, 1.807) is 6.08 Å². The Hall–Kier alpha value is -3.59. The zero-order chi connectivity index (χ0) is 26.8. The molecule has 1 N–H and O–H groups in total. The van der Waals surface area contributed by atoms with Crippen molar-refractivity contribution in [2.24, 2.45) is 0 Å². The summed E-state index contributed by atoms with van der Waals surface area (Å²) < 4.78 is 16.2. The minimum atomic E-state index is -0.201. The van der Waals surface area contributed by atoms with E-state index in [1.807, 2.05) is 42.5 Å². The van der Waals surface area contributed by atoms with Gasteiger partial charge in [0.1, 0.15) is 29.0 Å². The molecule has 39 heavy (non-hydrogen) atoms. The summed E-state index contributed by atoms with van der Waals surface area (Å²) in [7, 11) is 0. The monoisotopic (exact) mass is 614 g/mol. The van der Waals surface area contributed by atoms with E-state index < -0.39 is 0 Å². The standard InChI is InChI=1S/C31H23BrN2O3S2/c32-25-10-4-1-7-21(25)19-37-28-18-22(14-13-20(28)17-29-30(35)33-31(38)39-29)36-16-15-34-26-11-5-2-8-23(26)24-9-3-6-12-27(24)34/h1-14,17-18H,15-16,19H2,(H,33,35,38)/b29-17-. The average molecular weight is 616 g/mol. The first-order valence-corrected chi connectivity index (χ1v) is 14.4. The fraction of sp³-hybridized carbons (Fsp3) is 0.0968. The minimum absolute atomic E-state index is 0.201. The molecule has 194 valence electrons. The van der Waals surface area contributed by atoms with E-state index in [9.17, 15) is 4.79 Å². The van der Waals surface area contributed by atoms with Crippen LogP contribution in [0.1, 0.15) is 11.1 Å². The maximum atomic E-state index is 12.3. The highest BCUT2D eigenvalue weighted by Crippen LogP contribution is 2.33. The molecule has 6 rings (SSSR count). The van der Waals surface area contributed by atoms with Crippen LogP contribution in [-0.2, 0) is 17.9 Å².